The Hall–Kier alpha value is -2.57. The van der Waals surface area contributed by atoms with Gasteiger partial charge in [-0.05, 0) is 12.1 Å². The zero-order chi connectivity index (χ0) is 14.7. The van der Waals surface area contributed by atoms with Crippen LogP contribution in [0.4, 0.5) is 0 Å². The van der Waals surface area contributed by atoms with Crippen LogP contribution < -0.4 is 10.2 Å². The average molecular weight is 278 g/mol. The Labute approximate surface area is 115 Å². The van der Waals surface area contributed by atoms with Gasteiger partial charge in [-0.25, -0.2) is 9.80 Å². The molecule has 2 bridgehead atoms. The van der Waals surface area contributed by atoms with Crippen molar-refractivity contribution in [2.75, 3.05) is 7.11 Å². The number of carbonyl (C=O) groups excluding carboxylic acids is 3. The molecule has 0 aliphatic carbocycles. The molecule has 0 saturated carbocycles. The molecule has 1 aromatic carbocycles. The van der Waals surface area contributed by atoms with Gasteiger partial charge in [-0.2, -0.15) is 0 Å². The van der Waals surface area contributed by atoms with Gasteiger partial charge in [0, 0.05) is 13.0 Å². The maximum atomic E-state index is 11.0. The molecule has 1 fully saturated rings. The third kappa shape index (κ3) is 2.87. The Morgan fingerprint density at radius 2 is 2.00 bits per heavy atom. The molecule has 1 unspecified atom stereocenters. The molecule has 7 nitrogen and oxygen atoms in total. The second-order valence-electron chi connectivity index (χ2n) is 4.25. The number of esters is 1. The van der Waals surface area contributed by atoms with Crippen molar-refractivity contribution >= 4 is 17.8 Å². The van der Waals surface area contributed by atoms with E-state index in [1.54, 1.807) is 0 Å². The number of hydrazine groups is 1. The maximum Gasteiger partial charge on any atom is 0.331 e. The summed E-state index contributed by atoms with van der Waals surface area (Å²) in [5.74, 6) is 0.774. The van der Waals surface area contributed by atoms with Crippen molar-refractivity contribution in [2.24, 2.45) is 0 Å². The second-order valence-corrected chi connectivity index (χ2v) is 4.25. The number of rotatable bonds is 2. The normalized spacial score (nSPS) is 17.6. The van der Waals surface area contributed by atoms with E-state index in [9.17, 15) is 14.4 Å². The molecule has 0 spiro atoms. The standard InChI is InChI=1S/C7H10N2O4.C6H4O/c1-4(10)8-9-5(3-6(9)11)7(12)13-2;1-2-5-4-6(3-1)7-5/h5H,3H2,1-2H3,(H,8,10);1-4H. The third-order valence-corrected chi connectivity index (χ3v) is 2.74. The van der Waals surface area contributed by atoms with Gasteiger partial charge in [0.15, 0.2) is 6.04 Å². The lowest BCUT2D eigenvalue weighted by Crippen LogP contribution is -2.63. The number of carbonyl (C=O) groups is 3. The highest BCUT2D eigenvalue weighted by Gasteiger charge is 2.43. The number of fused-ring (bicyclic) bond motifs is 2. The smallest absolute Gasteiger partial charge is 0.331 e. The lowest BCUT2D eigenvalue weighted by molar-refractivity contribution is -0.170. The van der Waals surface area contributed by atoms with E-state index in [0.717, 1.165) is 16.5 Å². The fraction of sp³-hybridized carbons (Fsp3) is 0.308. The summed E-state index contributed by atoms with van der Waals surface area (Å²) in [5.41, 5.74) is 2.24. The number of hydrogen-bond acceptors (Lipinski definition) is 5. The van der Waals surface area contributed by atoms with E-state index < -0.39 is 12.0 Å². The van der Waals surface area contributed by atoms with E-state index in [1.165, 1.54) is 14.0 Å². The van der Waals surface area contributed by atoms with Gasteiger partial charge in [0.05, 0.1) is 13.5 Å². The molecule has 3 heterocycles. The molecule has 1 N–H and O–H groups in total. The lowest BCUT2D eigenvalue weighted by Gasteiger charge is -2.37. The van der Waals surface area contributed by atoms with Crippen molar-refractivity contribution in [2.45, 2.75) is 19.4 Å². The Balaban J connectivity index is 0.000000173. The predicted molar refractivity (Wildman–Crippen MR) is 67.6 cm³/mol. The van der Waals surface area contributed by atoms with Crippen molar-refractivity contribution in [1.82, 2.24) is 10.4 Å². The highest BCUT2D eigenvalue weighted by molar-refractivity contribution is 5.96. The van der Waals surface area contributed by atoms with Crippen molar-refractivity contribution in [1.29, 1.82) is 0 Å². The van der Waals surface area contributed by atoms with Gasteiger partial charge in [0.1, 0.15) is 11.5 Å². The topological polar surface area (TPSA) is 84.9 Å². The second kappa shape index (κ2) is 5.60. The molecule has 0 aromatic heterocycles. The molecule has 4 rings (SSSR count). The van der Waals surface area contributed by atoms with Crippen LogP contribution in [0.15, 0.2) is 24.3 Å². The van der Waals surface area contributed by atoms with E-state index in [0.29, 0.717) is 0 Å². The van der Waals surface area contributed by atoms with Crippen LogP contribution in [-0.4, -0.2) is 35.9 Å². The molecular formula is C13H14N2O5. The van der Waals surface area contributed by atoms with Gasteiger partial charge in [0.2, 0.25) is 11.8 Å². The van der Waals surface area contributed by atoms with Crippen LogP contribution in [0, 0.1) is 0 Å². The number of nitrogens with one attached hydrogen (secondary N) is 1. The summed E-state index contributed by atoms with van der Waals surface area (Å²) in [7, 11) is 1.23. The Morgan fingerprint density at radius 1 is 1.40 bits per heavy atom. The first-order valence-electron chi connectivity index (χ1n) is 5.96. The summed E-state index contributed by atoms with van der Waals surface area (Å²) >= 11 is 0. The SMILES string of the molecule is COC(=O)C1CC(=O)N1NC(C)=O.c1cc2cc(c1)O2. The van der Waals surface area contributed by atoms with Crippen LogP contribution >= 0.6 is 0 Å². The van der Waals surface area contributed by atoms with Crippen molar-refractivity contribution in [3.05, 3.63) is 24.3 Å². The average Bonchev–Trinajstić information content (AvgIpc) is 2.42. The number of hydrogen-bond donors (Lipinski definition) is 1. The number of β-lactam (4-membered cyclic amide) rings is 1. The van der Waals surface area contributed by atoms with Crippen LogP contribution in [0.1, 0.15) is 13.3 Å². The van der Waals surface area contributed by atoms with Gasteiger partial charge < -0.3 is 9.47 Å². The van der Waals surface area contributed by atoms with E-state index in [2.05, 4.69) is 10.2 Å². The molecule has 0 radical (unpaired) electrons. The molecule has 1 aromatic rings. The largest absolute Gasteiger partial charge is 0.467 e. The maximum absolute atomic E-state index is 11.0. The quantitative estimate of drug-likeness (QED) is 0.642. The highest BCUT2D eigenvalue weighted by atomic mass is 16.5. The van der Waals surface area contributed by atoms with Gasteiger partial charge in [-0.1, -0.05) is 6.07 Å². The molecule has 3 aliphatic heterocycles. The molecule has 20 heavy (non-hydrogen) atoms. The summed E-state index contributed by atoms with van der Waals surface area (Å²) < 4.78 is 9.44. The monoisotopic (exact) mass is 278 g/mol. The van der Waals surface area contributed by atoms with Gasteiger partial charge in [0.25, 0.3) is 0 Å². The molecule has 1 saturated heterocycles. The van der Waals surface area contributed by atoms with E-state index in [4.69, 9.17) is 4.74 Å². The van der Waals surface area contributed by atoms with Crippen LogP contribution in [0.25, 0.3) is 0 Å². The van der Waals surface area contributed by atoms with Gasteiger partial charge in [-0.15, -0.1) is 0 Å². The fourth-order valence-corrected chi connectivity index (χ4v) is 1.73. The zero-order valence-corrected chi connectivity index (χ0v) is 11.1. The minimum Gasteiger partial charge on any atom is -0.467 e. The number of benzene rings is 1. The number of amides is 2. The molecule has 2 amide bonds. The molecule has 3 aliphatic rings. The van der Waals surface area contributed by atoms with E-state index in [1.807, 2.05) is 24.3 Å². The lowest BCUT2D eigenvalue weighted by atomic mass is 10.1. The highest BCUT2D eigenvalue weighted by Crippen LogP contribution is 2.32. The molecule has 1 atom stereocenters. The van der Waals surface area contributed by atoms with Gasteiger partial charge >= 0.3 is 5.97 Å². The van der Waals surface area contributed by atoms with Crippen molar-refractivity contribution in [3.8, 4) is 11.5 Å². The summed E-state index contributed by atoms with van der Waals surface area (Å²) in [6.45, 7) is 1.26. The summed E-state index contributed by atoms with van der Waals surface area (Å²) in [4.78, 5) is 32.5. The first kappa shape index (κ1) is 13.9. The summed E-state index contributed by atoms with van der Waals surface area (Å²) in [6, 6.07) is 7.19. The number of methoxy groups -OCH3 is 1. The minimum absolute atomic E-state index is 0.0902. The van der Waals surface area contributed by atoms with Crippen LogP contribution in [0.5, 0.6) is 11.5 Å². The van der Waals surface area contributed by atoms with Crippen LogP contribution in [0.2, 0.25) is 0 Å². The predicted octanol–water partition coefficient (Wildman–Crippen LogP) is 0.604. The van der Waals surface area contributed by atoms with E-state index in [-0.39, 0.29) is 18.2 Å². The first-order chi connectivity index (χ1) is 9.51. The first-order valence-corrected chi connectivity index (χ1v) is 5.96. The van der Waals surface area contributed by atoms with Crippen LogP contribution in [-0.2, 0) is 19.1 Å². The Kier molecular flexibility index (Phi) is 3.88. The zero-order valence-electron chi connectivity index (χ0n) is 11.1. The summed E-state index contributed by atoms with van der Waals surface area (Å²) in [5, 5.41) is 0.980. The van der Waals surface area contributed by atoms with E-state index >= 15 is 0 Å². The molecule has 7 heteroatoms. The summed E-state index contributed by atoms with van der Waals surface area (Å²) in [6.07, 6.45) is 0.0902. The molecular weight excluding hydrogens is 264 g/mol. The van der Waals surface area contributed by atoms with Crippen LogP contribution in [0.3, 0.4) is 0 Å². The molecule has 106 valence electrons. The van der Waals surface area contributed by atoms with Crippen molar-refractivity contribution in [3.63, 3.8) is 0 Å². The van der Waals surface area contributed by atoms with Crippen molar-refractivity contribution < 1.29 is 23.9 Å². The number of nitrogens with zero attached hydrogens (tertiary/aromatic N) is 1. The fourth-order valence-electron chi connectivity index (χ4n) is 1.73. The number of ether oxygens (including phenoxy) is 2. The third-order valence-electron chi connectivity index (χ3n) is 2.74. The minimum atomic E-state index is -0.665. The Morgan fingerprint density at radius 3 is 2.30 bits per heavy atom. The Bertz CT molecular complexity index is 533. The van der Waals surface area contributed by atoms with Gasteiger partial charge in [-0.3, -0.25) is 15.0 Å².